The number of hydrogen-bond acceptors (Lipinski definition) is 3. The number of fused-ring (bicyclic) bond motifs is 1. The number of nitrogens with one attached hydrogen (secondary N) is 1. The highest BCUT2D eigenvalue weighted by Crippen LogP contribution is 2.54. The molecule has 1 amide bonds. The minimum Gasteiger partial charge on any atom is -0.324 e. The van der Waals surface area contributed by atoms with Gasteiger partial charge in [-0.25, -0.2) is 0 Å². The number of hydrogen-bond donors (Lipinski definition) is 1. The summed E-state index contributed by atoms with van der Waals surface area (Å²) in [5, 5.41) is 12.2. The Balaban J connectivity index is 1.66. The molecule has 2 aliphatic carbocycles. The fourth-order valence-electron chi connectivity index (χ4n) is 3.23. The normalized spacial score (nSPS) is 41.3. The van der Waals surface area contributed by atoms with Gasteiger partial charge in [-0.3, -0.25) is 4.79 Å². The van der Waals surface area contributed by atoms with E-state index in [4.69, 9.17) is 5.26 Å². The van der Waals surface area contributed by atoms with Crippen LogP contribution in [-0.4, -0.2) is 36.5 Å². The van der Waals surface area contributed by atoms with E-state index in [0.717, 1.165) is 31.2 Å². The first-order chi connectivity index (χ1) is 7.79. The topological polar surface area (TPSA) is 56.1 Å². The van der Waals surface area contributed by atoms with Crippen molar-refractivity contribution in [2.75, 3.05) is 19.6 Å². The summed E-state index contributed by atoms with van der Waals surface area (Å²) in [6.45, 7) is 2.15. The summed E-state index contributed by atoms with van der Waals surface area (Å²) < 4.78 is 0. The molecule has 16 heavy (non-hydrogen) atoms. The molecule has 3 fully saturated rings. The molecule has 0 aromatic rings. The lowest BCUT2D eigenvalue weighted by Crippen LogP contribution is -2.54. The van der Waals surface area contributed by atoms with E-state index < -0.39 is 0 Å². The van der Waals surface area contributed by atoms with Crippen molar-refractivity contribution < 1.29 is 4.79 Å². The van der Waals surface area contributed by atoms with Crippen LogP contribution in [0.25, 0.3) is 0 Å². The molecule has 3 rings (SSSR count). The minimum atomic E-state index is -0.252. The van der Waals surface area contributed by atoms with Crippen LogP contribution in [0.4, 0.5) is 0 Å². The lowest BCUT2D eigenvalue weighted by molar-refractivity contribution is -0.137. The van der Waals surface area contributed by atoms with Crippen LogP contribution in [0, 0.1) is 29.1 Å². The fourth-order valence-corrected chi connectivity index (χ4v) is 3.23. The smallest absolute Gasteiger partial charge is 0.226 e. The first-order valence-corrected chi connectivity index (χ1v) is 6.20. The van der Waals surface area contributed by atoms with Crippen molar-refractivity contribution in [2.24, 2.45) is 17.8 Å². The number of rotatable bonds is 1. The zero-order valence-electron chi connectivity index (χ0n) is 9.35. The van der Waals surface area contributed by atoms with Gasteiger partial charge in [0.25, 0.3) is 0 Å². The van der Waals surface area contributed by atoms with Crippen LogP contribution in [0.3, 0.4) is 0 Å². The highest BCUT2D eigenvalue weighted by atomic mass is 16.2. The second kappa shape index (κ2) is 3.74. The van der Waals surface area contributed by atoms with Crippen molar-refractivity contribution in [3.63, 3.8) is 0 Å². The molecule has 1 heterocycles. The van der Waals surface area contributed by atoms with Gasteiger partial charge in [-0.2, -0.15) is 5.26 Å². The molecule has 2 saturated carbocycles. The van der Waals surface area contributed by atoms with E-state index in [2.05, 4.69) is 11.4 Å². The third kappa shape index (κ3) is 1.60. The maximum absolute atomic E-state index is 12.3. The predicted octanol–water partition coefficient (Wildman–Crippen LogP) is 0.356. The fraction of sp³-hybridized carbons (Fsp3) is 0.833. The van der Waals surface area contributed by atoms with Crippen LogP contribution in [0.5, 0.6) is 0 Å². The second-order valence-electron chi connectivity index (χ2n) is 5.30. The van der Waals surface area contributed by atoms with Crippen LogP contribution in [0.2, 0.25) is 0 Å². The van der Waals surface area contributed by atoms with Crippen LogP contribution >= 0.6 is 0 Å². The Labute approximate surface area is 95.6 Å². The number of amides is 1. The zero-order chi connectivity index (χ0) is 11.1. The molecule has 3 atom stereocenters. The van der Waals surface area contributed by atoms with Gasteiger partial charge in [-0.1, -0.05) is 0 Å². The van der Waals surface area contributed by atoms with Gasteiger partial charge in [-0.05, 0) is 31.1 Å². The molecule has 4 nitrogen and oxygen atoms in total. The quantitative estimate of drug-likeness (QED) is 0.692. The molecule has 0 aromatic carbocycles. The molecular formula is C12H17N3O. The van der Waals surface area contributed by atoms with Gasteiger partial charge in [0.05, 0.1) is 6.07 Å². The third-order valence-corrected chi connectivity index (χ3v) is 4.27. The summed E-state index contributed by atoms with van der Waals surface area (Å²) in [5.41, 5.74) is 0. The van der Waals surface area contributed by atoms with Crippen molar-refractivity contribution in [3.8, 4) is 6.07 Å². The van der Waals surface area contributed by atoms with Crippen LogP contribution in [-0.2, 0) is 4.79 Å². The number of nitrogens with zero attached hydrogens (tertiary/aromatic N) is 2. The summed E-state index contributed by atoms with van der Waals surface area (Å²) in [6, 6.07) is 1.97. The van der Waals surface area contributed by atoms with Crippen LogP contribution in [0.1, 0.15) is 19.3 Å². The Morgan fingerprint density at radius 2 is 2.06 bits per heavy atom. The first-order valence-electron chi connectivity index (χ1n) is 6.20. The number of nitriles is 1. The summed E-state index contributed by atoms with van der Waals surface area (Å²) in [4.78, 5) is 14.1. The Morgan fingerprint density at radius 3 is 2.75 bits per heavy atom. The number of carbonyl (C=O) groups is 1. The zero-order valence-corrected chi connectivity index (χ0v) is 9.35. The second-order valence-corrected chi connectivity index (χ2v) is 5.30. The third-order valence-electron chi connectivity index (χ3n) is 4.27. The Hall–Kier alpha value is -1.08. The minimum absolute atomic E-state index is 0.220. The van der Waals surface area contributed by atoms with Gasteiger partial charge >= 0.3 is 0 Å². The standard InChI is InChI=1S/C12H17N3O/c13-6-11-7-14-1-2-15(11)12(16)10-4-8-3-9(8)5-10/h8-11,14H,1-5,7H2. The summed E-state index contributed by atoms with van der Waals surface area (Å²) >= 11 is 0. The molecule has 3 aliphatic rings. The van der Waals surface area contributed by atoms with Gasteiger partial charge in [-0.15, -0.1) is 0 Å². The highest BCUT2D eigenvalue weighted by Gasteiger charge is 2.49. The van der Waals surface area contributed by atoms with E-state index in [1.807, 2.05) is 0 Å². The SMILES string of the molecule is N#CC1CNCCN1C(=O)C1CC2CC2C1. The molecule has 1 aliphatic heterocycles. The lowest BCUT2D eigenvalue weighted by atomic mass is 10.0. The maximum atomic E-state index is 12.3. The van der Waals surface area contributed by atoms with Gasteiger partial charge in [0.1, 0.15) is 6.04 Å². The first kappa shape index (κ1) is 10.1. The molecule has 3 unspecified atom stereocenters. The van der Waals surface area contributed by atoms with Crippen molar-refractivity contribution in [3.05, 3.63) is 0 Å². The lowest BCUT2D eigenvalue weighted by Gasteiger charge is -2.34. The Bertz CT molecular complexity index is 339. The molecule has 4 heteroatoms. The Morgan fingerprint density at radius 1 is 1.31 bits per heavy atom. The van der Waals surface area contributed by atoms with Gasteiger partial charge in [0.2, 0.25) is 5.91 Å². The van der Waals surface area contributed by atoms with Gasteiger partial charge in [0, 0.05) is 25.6 Å². The van der Waals surface area contributed by atoms with E-state index in [-0.39, 0.29) is 17.9 Å². The largest absolute Gasteiger partial charge is 0.324 e. The molecule has 0 bridgehead atoms. The molecular weight excluding hydrogens is 202 g/mol. The van der Waals surface area contributed by atoms with E-state index in [9.17, 15) is 4.79 Å². The molecule has 0 aromatic heterocycles. The predicted molar refractivity (Wildman–Crippen MR) is 58.3 cm³/mol. The monoisotopic (exact) mass is 219 g/mol. The van der Waals surface area contributed by atoms with Crippen molar-refractivity contribution >= 4 is 5.91 Å². The molecule has 1 saturated heterocycles. The van der Waals surface area contributed by atoms with Crippen molar-refractivity contribution in [1.29, 1.82) is 5.26 Å². The average Bonchev–Trinajstić information content (AvgIpc) is 2.95. The number of carbonyl (C=O) groups excluding carboxylic acids is 1. The maximum Gasteiger partial charge on any atom is 0.226 e. The van der Waals surface area contributed by atoms with E-state index in [1.54, 1.807) is 4.90 Å². The van der Waals surface area contributed by atoms with E-state index in [0.29, 0.717) is 13.1 Å². The van der Waals surface area contributed by atoms with E-state index >= 15 is 0 Å². The highest BCUT2D eigenvalue weighted by molar-refractivity contribution is 5.80. The number of piperazine rings is 1. The van der Waals surface area contributed by atoms with Crippen LogP contribution < -0.4 is 5.32 Å². The van der Waals surface area contributed by atoms with E-state index in [1.165, 1.54) is 6.42 Å². The summed E-state index contributed by atoms with van der Waals surface area (Å²) in [7, 11) is 0. The Kier molecular flexibility index (Phi) is 2.36. The van der Waals surface area contributed by atoms with Gasteiger partial charge in [0.15, 0.2) is 0 Å². The molecule has 86 valence electrons. The molecule has 1 N–H and O–H groups in total. The summed E-state index contributed by atoms with van der Waals surface area (Å²) in [6.07, 6.45) is 3.49. The summed E-state index contributed by atoms with van der Waals surface area (Å²) in [5.74, 6) is 2.12. The van der Waals surface area contributed by atoms with Crippen LogP contribution in [0.15, 0.2) is 0 Å². The molecule has 0 radical (unpaired) electrons. The molecule has 0 spiro atoms. The van der Waals surface area contributed by atoms with Crippen molar-refractivity contribution in [2.45, 2.75) is 25.3 Å². The van der Waals surface area contributed by atoms with Gasteiger partial charge < -0.3 is 10.2 Å². The van der Waals surface area contributed by atoms with Crippen molar-refractivity contribution in [1.82, 2.24) is 10.2 Å². The average molecular weight is 219 g/mol.